The van der Waals surface area contributed by atoms with Crippen molar-refractivity contribution in [3.05, 3.63) is 11.6 Å². The molecule has 2 atom stereocenters. The molecule has 7 nitrogen and oxygen atoms in total. The largest absolute Gasteiger partial charge is 0.394 e. The summed E-state index contributed by atoms with van der Waals surface area (Å²) in [5.74, 6) is 0.250. The molecule has 2 aromatic heterocycles. The van der Waals surface area contributed by atoms with Crippen LogP contribution in [-0.2, 0) is 4.74 Å². The Morgan fingerprint density at radius 3 is 2.85 bits per heavy atom. The highest BCUT2D eigenvalue weighted by Crippen LogP contribution is 2.31. The van der Waals surface area contributed by atoms with Gasteiger partial charge in [0.1, 0.15) is 11.7 Å². The number of nitrogen functional groups attached to an aromatic ring is 1. The number of aliphatic hydroxyl groups excluding tert-OH is 1. The first kappa shape index (κ1) is 14.5. The Balaban J connectivity index is 0.000000704. The molecule has 0 spiro atoms. The van der Waals surface area contributed by atoms with Gasteiger partial charge in [0.05, 0.1) is 19.0 Å². The average molecular weight is 296 g/mol. The SMILES string of the molecule is C#C.Nc1nc(Cl)nc2c1ncn2C1CC[C@@H](CO)O1. The second-order valence-corrected chi connectivity index (χ2v) is 4.51. The summed E-state index contributed by atoms with van der Waals surface area (Å²) in [6.07, 6.45) is 10.9. The first-order chi connectivity index (χ1) is 9.69. The molecule has 8 heteroatoms. The van der Waals surface area contributed by atoms with Crippen molar-refractivity contribution in [2.24, 2.45) is 0 Å². The van der Waals surface area contributed by atoms with Gasteiger partial charge in [0.25, 0.3) is 0 Å². The van der Waals surface area contributed by atoms with Crippen molar-refractivity contribution in [1.29, 1.82) is 0 Å². The summed E-state index contributed by atoms with van der Waals surface area (Å²) in [6, 6.07) is 0. The van der Waals surface area contributed by atoms with Gasteiger partial charge < -0.3 is 15.6 Å². The molecule has 20 heavy (non-hydrogen) atoms. The highest BCUT2D eigenvalue weighted by Gasteiger charge is 2.27. The zero-order valence-corrected chi connectivity index (χ0v) is 11.4. The van der Waals surface area contributed by atoms with Crippen LogP contribution < -0.4 is 5.73 Å². The van der Waals surface area contributed by atoms with E-state index in [4.69, 9.17) is 27.2 Å². The van der Waals surface area contributed by atoms with E-state index in [0.29, 0.717) is 11.2 Å². The van der Waals surface area contributed by atoms with Gasteiger partial charge in [-0.15, -0.1) is 12.8 Å². The number of halogens is 1. The van der Waals surface area contributed by atoms with Gasteiger partial charge in [0.2, 0.25) is 5.28 Å². The Labute approximate surface area is 120 Å². The molecule has 0 bridgehead atoms. The number of hydrogen-bond donors (Lipinski definition) is 2. The molecule has 0 radical (unpaired) electrons. The van der Waals surface area contributed by atoms with Crippen LogP contribution in [0.3, 0.4) is 0 Å². The second-order valence-electron chi connectivity index (χ2n) is 4.17. The maximum atomic E-state index is 9.07. The summed E-state index contributed by atoms with van der Waals surface area (Å²) in [4.78, 5) is 12.1. The molecular formula is C12H14ClN5O2. The Morgan fingerprint density at radius 1 is 1.45 bits per heavy atom. The van der Waals surface area contributed by atoms with Crippen LogP contribution in [0.5, 0.6) is 0 Å². The predicted octanol–water partition coefficient (Wildman–Crippen LogP) is 0.981. The van der Waals surface area contributed by atoms with E-state index in [1.807, 2.05) is 0 Å². The number of rotatable bonds is 2. The fourth-order valence-electron chi connectivity index (χ4n) is 2.15. The third-order valence-electron chi connectivity index (χ3n) is 3.02. The number of nitrogens with two attached hydrogens (primary N) is 1. The third-order valence-corrected chi connectivity index (χ3v) is 3.19. The van der Waals surface area contributed by atoms with E-state index in [1.54, 1.807) is 10.9 Å². The highest BCUT2D eigenvalue weighted by molar-refractivity contribution is 6.28. The highest BCUT2D eigenvalue weighted by atomic mass is 35.5. The van der Waals surface area contributed by atoms with Crippen molar-refractivity contribution in [3.8, 4) is 12.8 Å². The number of hydrogen-bond acceptors (Lipinski definition) is 6. The van der Waals surface area contributed by atoms with Gasteiger partial charge in [-0.1, -0.05) is 0 Å². The molecule has 1 aliphatic rings. The van der Waals surface area contributed by atoms with Crippen LogP contribution in [-0.4, -0.2) is 37.3 Å². The number of fused-ring (bicyclic) bond motifs is 1. The number of aromatic nitrogens is 4. The smallest absolute Gasteiger partial charge is 0.226 e. The number of aliphatic hydroxyl groups is 1. The number of ether oxygens (including phenoxy) is 1. The van der Waals surface area contributed by atoms with Crippen LogP contribution in [0.25, 0.3) is 11.2 Å². The minimum absolute atomic E-state index is 0.0149. The zero-order chi connectivity index (χ0) is 14.7. The Morgan fingerprint density at radius 2 is 2.20 bits per heavy atom. The minimum Gasteiger partial charge on any atom is -0.394 e. The second kappa shape index (κ2) is 6.05. The monoisotopic (exact) mass is 295 g/mol. The zero-order valence-electron chi connectivity index (χ0n) is 10.6. The third kappa shape index (κ3) is 2.54. The van der Waals surface area contributed by atoms with E-state index in [9.17, 15) is 0 Å². The van der Waals surface area contributed by atoms with Gasteiger partial charge in [-0.2, -0.15) is 9.97 Å². The molecule has 0 aromatic carbocycles. The van der Waals surface area contributed by atoms with E-state index in [-0.39, 0.29) is 30.0 Å². The molecule has 3 heterocycles. The quantitative estimate of drug-likeness (QED) is 0.633. The molecule has 1 aliphatic heterocycles. The van der Waals surface area contributed by atoms with Gasteiger partial charge in [0.15, 0.2) is 11.5 Å². The average Bonchev–Trinajstić information content (AvgIpc) is 3.06. The summed E-state index contributed by atoms with van der Waals surface area (Å²) in [5, 5.41) is 9.15. The van der Waals surface area contributed by atoms with Gasteiger partial charge in [0, 0.05) is 0 Å². The lowest BCUT2D eigenvalue weighted by Crippen LogP contribution is -2.14. The topological polar surface area (TPSA) is 99.1 Å². The predicted molar refractivity (Wildman–Crippen MR) is 74.9 cm³/mol. The van der Waals surface area contributed by atoms with Crippen LogP contribution in [0, 0.1) is 12.8 Å². The molecular weight excluding hydrogens is 282 g/mol. The van der Waals surface area contributed by atoms with Crippen molar-refractivity contribution < 1.29 is 9.84 Å². The van der Waals surface area contributed by atoms with Crippen molar-refractivity contribution >= 4 is 28.6 Å². The molecule has 106 valence electrons. The summed E-state index contributed by atoms with van der Waals surface area (Å²) in [5.41, 5.74) is 6.79. The molecule has 0 saturated carbocycles. The maximum absolute atomic E-state index is 9.07. The number of nitrogens with zero attached hydrogens (tertiary/aromatic N) is 4. The Kier molecular flexibility index (Phi) is 4.39. The molecule has 3 N–H and O–H groups in total. The van der Waals surface area contributed by atoms with Crippen molar-refractivity contribution in [2.45, 2.75) is 25.2 Å². The number of anilines is 1. The van der Waals surface area contributed by atoms with E-state index in [0.717, 1.165) is 12.8 Å². The van der Waals surface area contributed by atoms with Crippen LogP contribution >= 0.6 is 11.6 Å². The van der Waals surface area contributed by atoms with Crippen molar-refractivity contribution in [2.75, 3.05) is 12.3 Å². The van der Waals surface area contributed by atoms with Crippen LogP contribution in [0.15, 0.2) is 6.33 Å². The van der Waals surface area contributed by atoms with E-state index >= 15 is 0 Å². The van der Waals surface area contributed by atoms with E-state index in [2.05, 4.69) is 27.8 Å². The number of terminal acetylenes is 1. The van der Waals surface area contributed by atoms with Crippen LogP contribution in [0.4, 0.5) is 5.82 Å². The molecule has 2 aromatic rings. The van der Waals surface area contributed by atoms with Gasteiger partial charge in [-0.3, -0.25) is 4.57 Å². The number of imidazole rings is 1. The Bertz CT molecular complexity index is 627. The first-order valence-corrected chi connectivity index (χ1v) is 6.32. The maximum Gasteiger partial charge on any atom is 0.226 e. The van der Waals surface area contributed by atoms with Crippen molar-refractivity contribution in [3.63, 3.8) is 0 Å². The minimum atomic E-state index is -0.197. The molecule has 1 unspecified atom stereocenters. The molecule has 0 aliphatic carbocycles. The van der Waals surface area contributed by atoms with Crippen molar-refractivity contribution in [1.82, 2.24) is 19.5 Å². The Hall–Kier alpha value is -1.88. The van der Waals surface area contributed by atoms with Gasteiger partial charge in [-0.05, 0) is 24.4 Å². The van der Waals surface area contributed by atoms with E-state index < -0.39 is 0 Å². The summed E-state index contributed by atoms with van der Waals surface area (Å²) in [6.45, 7) is 0.0149. The first-order valence-electron chi connectivity index (χ1n) is 5.94. The lowest BCUT2D eigenvalue weighted by Gasteiger charge is -2.13. The van der Waals surface area contributed by atoms with Gasteiger partial charge in [-0.25, -0.2) is 4.98 Å². The summed E-state index contributed by atoms with van der Waals surface area (Å²) >= 11 is 5.79. The molecule has 0 amide bonds. The fraction of sp³-hybridized carbons (Fsp3) is 0.417. The van der Waals surface area contributed by atoms with Crippen LogP contribution in [0.1, 0.15) is 19.1 Å². The summed E-state index contributed by atoms with van der Waals surface area (Å²) < 4.78 is 7.44. The standard InChI is InChI=1S/C10H12ClN5O2.C2H2/c11-10-14-8(12)7-9(15-10)16(4-13-7)6-2-1-5(3-17)18-6;1-2/h4-6,17H,1-3H2,(H2,12,14,15);1-2H/t5-,6?;/m0./s1. The summed E-state index contributed by atoms with van der Waals surface area (Å²) in [7, 11) is 0. The fourth-order valence-corrected chi connectivity index (χ4v) is 2.32. The lowest BCUT2D eigenvalue weighted by atomic mass is 10.2. The van der Waals surface area contributed by atoms with Gasteiger partial charge >= 0.3 is 0 Å². The molecule has 1 saturated heterocycles. The normalized spacial score (nSPS) is 21.6. The lowest BCUT2D eigenvalue weighted by molar-refractivity contribution is -0.0207. The van der Waals surface area contributed by atoms with E-state index in [1.165, 1.54) is 0 Å². The molecule has 1 fully saturated rings. The molecule has 3 rings (SSSR count). The van der Waals surface area contributed by atoms with Crippen LogP contribution in [0.2, 0.25) is 5.28 Å².